The van der Waals surface area contributed by atoms with Crippen molar-refractivity contribution in [3.05, 3.63) is 59.4 Å². The van der Waals surface area contributed by atoms with Crippen LogP contribution in [0, 0.1) is 0 Å². The lowest BCUT2D eigenvalue weighted by Gasteiger charge is -2.08. The van der Waals surface area contributed by atoms with Gasteiger partial charge in [-0.25, -0.2) is 4.98 Å². The van der Waals surface area contributed by atoms with Gasteiger partial charge in [0.1, 0.15) is 5.65 Å². The number of pyridine rings is 1. The van der Waals surface area contributed by atoms with Crippen molar-refractivity contribution >= 4 is 5.65 Å². The predicted molar refractivity (Wildman–Crippen MR) is 87.6 cm³/mol. The Kier molecular flexibility index (Phi) is 4.09. The summed E-state index contributed by atoms with van der Waals surface area (Å²) >= 11 is 0. The molecular formula is C18H18F3N3. The summed E-state index contributed by atoms with van der Waals surface area (Å²) in [5.41, 5.74) is 8.74. The molecule has 2 heterocycles. The molecule has 0 saturated heterocycles. The van der Waals surface area contributed by atoms with E-state index in [9.17, 15) is 13.2 Å². The molecule has 126 valence electrons. The van der Waals surface area contributed by atoms with E-state index >= 15 is 0 Å². The zero-order valence-corrected chi connectivity index (χ0v) is 13.4. The molecule has 0 aliphatic heterocycles. The third kappa shape index (κ3) is 2.89. The van der Waals surface area contributed by atoms with Crippen LogP contribution >= 0.6 is 0 Å². The van der Waals surface area contributed by atoms with E-state index in [1.165, 1.54) is 16.0 Å². The SMILES string of the molecule is CC(C)c1ccc(-c2nc3ccc(C(F)(F)F)cn3c2CN)cc1. The summed E-state index contributed by atoms with van der Waals surface area (Å²) in [5.74, 6) is 0.406. The highest BCUT2D eigenvalue weighted by Crippen LogP contribution is 2.31. The molecule has 3 nitrogen and oxygen atoms in total. The summed E-state index contributed by atoms with van der Waals surface area (Å²) in [5, 5.41) is 0. The quantitative estimate of drug-likeness (QED) is 0.761. The average molecular weight is 333 g/mol. The Balaban J connectivity index is 2.14. The van der Waals surface area contributed by atoms with Crippen LogP contribution in [0.4, 0.5) is 13.2 Å². The van der Waals surface area contributed by atoms with E-state index in [-0.39, 0.29) is 6.54 Å². The number of imidazole rings is 1. The minimum absolute atomic E-state index is 0.101. The molecule has 2 N–H and O–H groups in total. The first-order valence-corrected chi connectivity index (χ1v) is 7.70. The Labute approximate surface area is 137 Å². The molecule has 1 aromatic carbocycles. The number of rotatable bonds is 3. The topological polar surface area (TPSA) is 43.3 Å². The number of aromatic nitrogens is 2. The van der Waals surface area contributed by atoms with Gasteiger partial charge in [-0.1, -0.05) is 38.1 Å². The summed E-state index contributed by atoms with van der Waals surface area (Å²) in [6, 6.07) is 10.3. The van der Waals surface area contributed by atoms with E-state index in [4.69, 9.17) is 5.73 Å². The predicted octanol–water partition coefficient (Wildman–Crippen LogP) is 4.60. The van der Waals surface area contributed by atoms with Gasteiger partial charge in [-0.3, -0.25) is 0 Å². The molecule has 3 aromatic rings. The molecule has 0 bridgehead atoms. The van der Waals surface area contributed by atoms with Crippen molar-refractivity contribution in [3.8, 4) is 11.3 Å². The number of nitrogens with two attached hydrogens (primary N) is 1. The van der Waals surface area contributed by atoms with Crippen LogP contribution in [0.25, 0.3) is 16.9 Å². The van der Waals surface area contributed by atoms with Gasteiger partial charge < -0.3 is 10.1 Å². The van der Waals surface area contributed by atoms with Crippen molar-refractivity contribution in [1.29, 1.82) is 0 Å². The Morgan fingerprint density at radius 2 is 1.75 bits per heavy atom. The largest absolute Gasteiger partial charge is 0.417 e. The normalized spacial score (nSPS) is 12.3. The molecule has 0 atom stereocenters. The third-order valence-electron chi connectivity index (χ3n) is 4.09. The number of halogens is 3. The second-order valence-corrected chi connectivity index (χ2v) is 6.03. The zero-order valence-electron chi connectivity index (χ0n) is 13.4. The maximum absolute atomic E-state index is 12.9. The molecule has 0 aliphatic rings. The van der Waals surface area contributed by atoms with Crippen molar-refractivity contribution in [2.45, 2.75) is 32.5 Å². The lowest BCUT2D eigenvalue weighted by atomic mass is 10.0. The van der Waals surface area contributed by atoms with Crippen molar-refractivity contribution in [1.82, 2.24) is 9.38 Å². The Bertz CT molecular complexity index is 862. The summed E-state index contributed by atoms with van der Waals surface area (Å²) in [6.07, 6.45) is -3.35. The van der Waals surface area contributed by atoms with Crippen LogP contribution in [0.3, 0.4) is 0 Å². The minimum atomic E-state index is -4.40. The lowest BCUT2D eigenvalue weighted by Crippen LogP contribution is -2.08. The smallest absolute Gasteiger partial charge is 0.325 e. The molecule has 6 heteroatoms. The average Bonchev–Trinajstić information content (AvgIpc) is 2.91. The highest BCUT2D eigenvalue weighted by molar-refractivity contribution is 5.67. The van der Waals surface area contributed by atoms with Gasteiger partial charge in [0.25, 0.3) is 0 Å². The monoisotopic (exact) mass is 333 g/mol. The fourth-order valence-corrected chi connectivity index (χ4v) is 2.71. The van der Waals surface area contributed by atoms with E-state index in [1.54, 1.807) is 0 Å². The first-order valence-electron chi connectivity index (χ1n) is 7.70. The summed E-state index contributed by atoms with van der Waals surface area (Å²) in [4.78, 5) is 4.47. The fourth-order valence-electron chi connectivity index (χ4n) is 2.71. The van der Waals surface area contributed by atoms with Crippen LogP contribution in [0.5, 0.6) is 0 Å². The van der Waals surface area contributed by atoms with E-state index in [0.29, 0.717) is 23.0 Å². The first kappa shape index (κ1) is 16.5. The molecule has 0 spiro atoms. The van der Waals surface area contributed by atoms with Gasteiger partial charge in [0.2, 0.25) is 0 Å². The Morgan fingerprint density at radius 1 is 1.08 bits per heavy atom. The van der Waals surface area contributed by atoms with Crippen molar-refractivity contribution in [2.75, 3.05) is 0 Å². The van der Waals surface area contributed by atoms with Crippen molar-refractivity contribution in [3.63, 3.8) is 0 Å². The molecule has 0 fully saturated rings. The number of benzene rings is 1. The van der Waals surface area contributed by atoms with E-state index < -0.39 is 11.7 Å². The second kappa shape index (κ2) is 5.94. The van der Waals surface area contributed by atoms with Crippen LogP contribution < -0.4 is 5.73 Å². The van der Waals surface area contributed by atoms with Gasteiger partial charge in [-0.05, 0) is 23.6 Å². The number of nitrogens with zero attached hydrogens (tertiary/aromatic N) is 2. The summed E-state index contributed by atoms with van der Waals surface area (Å²) < 4.78 is 40.2. The van der Waals surface area contributed by atoms with Crippen LogP contribution in [-0.4, -0.2) is 9.38 Å². The van der Waals surface area contributed by atoms with Crippen LogP contribution in [0.15, 0.2) is 42.6 Å². The highest BCUT2D eigenvalue weighted by Gasteiger charge is 2.31. The van der Waals surface area contributed by atoms with E-state index in [0.717, 1.165) is 17.8 Å². The van der Waals surface area contributed by atoms with Gasteiger partial charge >= 0.3 is 6.18 Å². The fraction of sp³-hybridized carbons (Fsp3) is 0.278. The van der Waals surface area contributed by atoms with Gasteiger partial charge in [0, 0.05) is 18.3 Å². The Hall–Kier alpha value is -2.34. The molecule has 0 aliphatic carbocycles. The van der Waals surface area contributed by atoms with Crippen molar-refractivity contribution < 1.29 is 13.2 Å². The molecule has 3 rings (SSSR count). The molecule has 0 radical (unpaired) electrons. The van der Waals surface area contributed by atoms with Crippen LogP contribution in [0.2, 0.25) is 0 Å². The van der Waals surface area contributed by atoms with E-state index in [2.05, 4.69) is 18.8 Å². The zero-order chi connectivity index (χ0) is 17.5. The molecule has 2 aromatic heterocycles. The first-order chi connectivity index (χ1) is 11.3. The number of fused-ring (bicyclic) bond motifs is 1. The van der Waals surface area contributed by atoms with Gasteiger partial charge in [0.15, 0.2) is 0 Å². The number of hydrogen-bond acceptors (Lipinski definition) is 2. The lowest BCUT2D eigenvalue weighted by molar-refractivity contribution is -0.137. The van der Waals surface area contributed by atoms with Crippen molar-refractivity contribution in [2.24, 2.45) is 5.73 Å². The third-order valence-corrected chi connectivity index (χ3v) is 4.09. The maximum atomic E-state index is 12.9. The number of hydrogen-bond donors (Lipinski definition) is 1. The minimum Gasteiger partial charge on any atom is -0.325 e. The Morgan fingerprint density at radius 3 is 2.29 bits per heavy atom. The maximum Gasteiger partial charge on any atom is 0.417 e. The molecular weight excluding hydrogens is 315 g/mol. The molecule has 0 unspecified atom stereocenters. The highest BCUT2D eigenvalue weighted by atomic mass is 19.4. The van der Waals surface area contributed by atoms with Gasteiger partial charge in [-0.2, -0.15) is 13.2 Å². The molecule has 0 amide bonds. The van der Waals surface area contributed by atoms with Gasteiger partial charge in [0.05, 0.1) is 17.0 Å². The van der Waals surface area contributed by atoms with Gasteiger partial charge in [-0.15, -0.1) is 0 Å². The molecule has 24 heavy (non-hydrogen) atoms. The summed E-state index contributed by atoms with van der Waals surface area (Å²) in [7, 11) is 0. The van der Waals surface area contributed by atoms with Crippen LogP contribution in [-0.2, 0) is 12.7 Å². The second-order valence-electron chi connectivity index (χ2n) is 6.03. The van der Waals surface area contributed by atoms with Crippen LogP contribution in [0.1, 0.15) is 36.6 Å². The summed E-state index contributed by atoms with van der Waals surface area (Å²) in [6.45, 7) is 4.30. The standard InChI is InChI=1S/C18H18F3N3/c1-11(2)12-3-5-13(6-4-12)17-15(9-22)24-10-14(18(19,20)21)7-8-16(24)23-17/h3-8,10-11H,9,22H2,1-2H3. The number of alkyl halides is 3. The molecule has 0 saturated carbocycles. The van der Waals surface area contributed by atoms with E-state index in [1.807, 2.05) is 24.3 Å².